The molecule has 0 unspecified atom stereocenters. The van der Waals surface area contributed by atoms with Crippen LogP contribution in [0.5, 0.6) is 0 Å². The van der Waals surface area contributed by atoms with Crippen LogP contribution < -0.4 is 5.73 Å². The van der Waals surface area contributed by atoms with Gasteiger partial charge in [0.25, 0.3) is 0 Å². The topological polar surface area (TPSA) is 65.1 Å². The van der Waals surface area contributed by atoms with E-state index in [1.807, 2.05) is 36.4 Å². The monoisotopic (exact) mass is 404 g/mol. The summed E-state index contributed by atoms with van der Waals surface area (Å²) in [5.41, 5.74) is 8.30. The molecule has 0 spiro atoms. The second-order valence-electron chi connectivity index (χ2n) is 5.37. The summed E-state index contributed by atoms with van der Waals surface area (Å²) in [4.78, 5) is 0. The van der Waals surface area contributed by atoms with Crippen LogP contribution in [0, 0.1) is 0 Å². The molecule has 3 aromatic rings. The number of benzene rings is 2. The molecule has 0 atom stereocenters. The van der Waals surface area contributed by atoms with Gasteiger partial charge in [-0.2, -0.15) is 0 Å². The SMILES string of the molecule is NCc1ccccc1C=CCS(=O)(=O)n1ccc2c(Br)cccc21. The third-order valence-electron chi connectivity index (χ3n) is 3.82. The second kappa shape index (κ2) is 6.93. The number of nitrogens with zero attached hydrogens (tertiary/aromatic N) is 1. The van der Waals surface area contributed by atoms with Gasteiger partial charge in [-0.3, -0.25) is 0 Å². The van der Waals surface area contributed by atoms with Crippen molar-refractivity contribution in [1.29, 1.82) is 0 Å². The molecule has 0 amide bonds. The lowest BCUT2D eigenvalue weighted by molar-refractivity contribution is 0.592. The second-order valence-corrected chi connectivity index (χ2v) is 8.11. The molecule has 3 rings (SSSR count). The Morgan fingerprint density at radius 1 is 1.08 bits per heavy atom. The molecule has 124 valence electrons. The summed E-state index contributed by atoms with van der Waals surface area (Å²) in [5, 5.41) is 0.874. The highest BCUT2D eigenvalue weighted by Crippen LogP contribution is 2.26. The maximum atomic E-state index is 12.6. The summed E-state index contributed by atoms with van der Waals surface area (Å²) >= 11 is 3.44. The van der Waals surface area contributed by atoms with E-state index in [9.17, 15) is 8.42 Å². The highest BCUT2D eigenvalue weighted by Gasteiger charge is 2.15. The Balaban J connectivity index is 1.88. The van der Waals surface area contributed by atoms with E-state index in [1.54, 1.807) is 30.5 Å². The van der Waals surface area contributed by atoms with Gasteiger partial charge in [-0.15, -0.1) is 0 Å². The predicted molar refractivity (Wildman–Crippen MR) is 102 cm³/mol. The zero-order chi connectivity index (χ0) is 17.2. The molecule has 2 N–H and O–H groups in total. The first-order valence-electron chi connectivity index (χ1n) is 7.46. The van der Waals surface area contributed by atoms with E-state index in [4.69, 9.17) is 5.73 Å². The van der Waals surface area contributed by atoms with Crippen LogP contribution in [0.3, 0.4) is 0 Å². The number of aromatic nitrogens is 1. The quantitative estimate of drug-likeness (QED) is 0.703. The Bertz CT molecular complexity index is 1010. The summed E-state index contributed by atoms with van der Waals surface area (Å²) in [5.74, 6) is -0.0812. The molecule has 0 aliphatic heterocycles. The summed E-state index contributed by atoms with van der Waals surface area (Å²) < 4.78 is 27.5. The van der Waals surface area contributed by atoms with Gasteiger partial charge in [0, 0.05) is 22.6 Å². The number of hydrogen-bond acceptors (Lipinski definition) is 3. The van der Waals surface area contributed by atoms with Crippen molar-refractivity contribution in [3.63, 3.8) is 0 Å². The van der Waals surface area contributed by atoms with Crippen LogP contribution in [-0.4, -0.2) is 18.1 Å². The third-order valence-corrected chi connectivity index (χ3v) is 6.05. The Kier molecular flexibility index (Phi) is 4.89. The normalized spacial score (nSPS) is 12.2. The fraction of sp³-hybridized carbons (Fsp3) is 0.111. The average molecular weight is 405 g/mol. The summed E-state index contributed by atoms with van der Waals surface area (Å²) in [6, 6.07) is 15.0. The first-order valence-corrected chi connectivity index (χ1v) is 9.86. The molecule has 2 aromatic carbocycles. The van der Waals surface area contributed by atoms with Crippen molar-refractivity contribution < 1.29 is 8.42 Å². The smallest absolute Gasteiger partial charge is 0.242 e. The van der Waals surface area contributed by atoms with E-state index < -0.39 is 10.0 Å². The maximum Gasteiger partial charge on any atom is 0.242 e. The molecule has 4 nitrogen and oxygen atoms in total. The zero-order valence-electron chi connectivity index (χ0n) is 12.9. The van der Waals surface area contributed by atoms with Gasteiger partial charge in [0.05, 0.1) is 11.3 Å². The van der Waals surface area contributed by atoms with E-state index in [0.29, 0.717) is 12.1 Å². The summed E-state index contributed by atoms with van der Waals surface area (Å²) in [6.07, 6.45) is 5.06. The van der Waals surface area contributed by atoms with Crippen molar-refractivity contribution >= 4 is 42.9 Å². The standard InChI is InChI=1S/C18H17BrN2O2S/c19-17-8-3-9-18-16(17)10-11-21(18)24(22,23)12-4-7-14-5-1-2-6-15(14)13-20/h1-11H,12-13,20H2. The van der Waals surface area contributed by atoms with Crippen molar-refractivity contribution in [2.45, 2.75) is 6.54 Å². The van der Waals surface area contributed by atoms with Gasteiger partial charge in [0.15, 0.2) is 0 Å². The zero-order valence-corrected chi connectivity index (χ0v) is 15.3. The summed E-state index contributed by atoms with van der Waals surface area (Å²) in [7, 11) is -3.47. The predicted octanol–water partition coefficient (Wildman–Crippen LogP) is 3.75. The first kappa shape index (κ1) is 17.0. The molecule has 0 radical (unpaired) electrons. The van der Waals surface area contributed by atoms with Gasteiger partial charge < -0.3 is 5.73 Å². The highest BCUT2D eigenvalue weighted by atomic mass is 79.9. The van der Waals surface area contributed by atoms with Crippen molar-refractivity contribution in [1.82, 2.24) is 3.97 Å². The Hall–Kier alpha value is -1.89. The first-order chi connectivity index (χ1) is 11.5. The van der Waals surface area contributed by atoms with E-state index in [2.05, 4.69) is 15.9 Å². The number of nitrogens with two attached hydrogens (primary N) is 1. The molecule has 1 aromatic heterocycles. The minimum absolute atomic E-state index is 0.0812. The van der Waals surface area contributed by atoms with Crippen LogP contribution in [0.15, 0.2) is 65.3 Å². The minimum Gasteiger partial charge on any atom is -0.326 e. The van der Waals surface area contributed by atoms with Crippen LogP contribution in [0.2, 0.25) is 0 Å². The van der Waals surface area contributed by atoms with Gasteiger partial charge in [-0.05, 0) is 29.3 Å². The Labute approximate surface area is 149 Å². The number of fused-ring (bicyclic) bond motifs is 1. The summed E-state index contributed by atoms with van der Waals surface area (Å²) in [6.45, 7) is 0.420. The maximum absolute atomic E-state index is 12.6. The van der Waals surface area contributed by atoms with Gasteiger partial charge in [0.2, 0.25) is 10.0 Å². The van der Waals surface area contributed by atoms with Crippen LogP contribution in [-0.2, 0) is 16.6 Å². The lowest BCUT2D eigenvalue weighted by Gasteiger charge is -2.06. The van der Waals surface area contributed by atoms with E-state index in [0.717, 1.165) is 21.0 Å². The molecule has 0 bridgehead atoms. The largest absolute Gasteiger partial charge is 0.326 e. The molecule has 0 saturated heterocycles. The molecule has 0 aliphatic carbocycles. The van der Waals surface area contributed by atoms with E-state index in [1.165, 1.54) is 3.97 Å². The molecular formula is C18H17BrN2O2S. The fourth-order valence-corrected chi connectivity index (χ4v) is 4.30. The molecule has 0 saturated carbocycles. The van der Waals surface area contributed by atoms with Crippen molar-refractivity contribution in [2.75, 3.05) is 5.75 Å². The highest BCUT2D eigenvalue weighted by molar-refractivity contribution is 9.10. The molecular weight excluding hydrogens is 388 g/mol. The molecule has 1 heterocycles. The van der Waals surface area contributed by atoms with Gasteiger partial charge in [-0.1, -0.05) is 58.4 Å². The average Bonchev–Trinajstić information content (AvgIpc) is 3.01. The van der Waals surface area contributed by atoms with Crippen LogP contribution >= 0.6 is 15.9 Å². The van der Waals surface area contributed by atoms with Crippen LogP contribution in [0.4, 0.5) is 0 Å². The fourth-order valence-electron chi connectivity index (χ4n) is 2.61. The number of rotatable bonds is 5. The van der Waals surface area contributed by atoms with Crippen molar-refractivity contribution in [2.24, 2.45) is 5.73 Å². The number of halogens is 1. The van der Waals surface area contributed by atoms with Crippen molar-refractivity contribution in [3.8, 4) is 0 Å². The van der Waals surface area contributed by atoms with Crippen molar-refractivity contribution in [3.05, 3.63) is 76.4 Å². The van der Waals surface area contributed by atoms with E-state index in [-0.39, 0.29) is 5.75 Å². The van der Waals surface area contributed by atoms with Gasteiger partial charge >= 0.3 is 0 Å². The van der Waals surface area contributed by atoms with Crippen LogP contribution in [0.1, 0.15) is 11.1 Å². The Morgan fingerprint density at radius 3 is 2.67 bits per heavy atom. The number of hydrogen-bond donors (Lipinski definition) is 1. The molecule has 0 fully saturated rings. The molecule has 24 heavy (non-hydrogen) atoms. The molecule has 0 aliphatic rings. The third kappa shape index (κ3) is 3.31. The van der Waals surface area contributed by atoms with Gasteiger partial charge in [0.1, 0.15) is 0 Å². The van der Waals surface area contributed by atoms with E-state index >= 15 is 0 Å². The Morgan fingerprint density at radius 2 is 1.88 bits per heavy atom. The lowest BCUT2D eigenvalue weighted by atomic mass is 10.1. The lowest BCUT2D eigenvalue weighted by Crippen LogP contribution is -2.14. The minimum atomic E-state index is -3.47. The molecule has 6 heteroatoms. The van der Waals surface area contributed by atoms with Crippen LogP contribution in [0.25, 0.3) is 17.0 Å². The van der Waals surface area contributed by atoms with Gasteiger partial charge in [-0.25, -0.2) is 12.4 Å².